The summed E-state index contributed by atoms with van der Waals surface area (Å²) in [6, 6.07) is 6.84. The van der Waals surface area contributed by atoms with Crippen molar-refractivity contribution in [2.45, 2.75) is 58.9 Å². The minimum atomic E-state index is -0.589. The summed E-state index contributed by atoms with van der Waals surface area (Å²) >= 11 is 0. The lowest BCUT2D eigenvalue weighted by molar-refractivity contribution is -0.153. The molecule has 0 spiro atoms. The number of methoxy groups -OCH3 is 1. The minimum absolute atomic E-state index is 0.0579. The molecule has 33 heavy (non-hydrogen) atoms. The maximum atomic E-state index is 13.4. The van der Waals surface area contributed by atoms with Crippen molar-refractivity contribution >= 4 is 28.6 Å². The molecule has 176 valence electrons. The number of benzene rings is 2. The molecule has 0 aromatic heterocycles. The smallest absolute Gasteiger partial charge is 0.311 e. The van der Waals surface area contributed by atoms with Crippen molar-refractivity contribution < 1.29 is 28.6 Å². The Morgan fingerprint density at radius 2 is 1.52 bits per heavy atom. The van der Waals surface area contributed by atoms with Gasteiger partial charge in [0, 0.05) is 22.6 Å². The van der Waals surface area contributed by atoms with Gasteiger partial charge in [-0.15, -0.1) is 0 Å². The maximum Gasteiger partial charge on any atom is 0.311 e. The summed E-state index contributed by atoms with van der Waals surface area (Å²) in [6.45, 7) is 5.60. The molecule has 1 aliphatic carbocycles. The predicted octanol–water partition coefficient (Wildman–Crippen LogP) is 4.75. The van der Waals surface area contributed by atoms with Gasteiger partial charge in [-0.2, -0.15) is 0 Å². The maximum absolute atomic E-state index is 13.4. The van der Waals surface area contributed by atoms with Gasteiger partial charge in [-0.1, -0.05) is 19.3 Å². The summed E-state index contributed by atoms with van der Waals surface area (Å²) in [5.74, 6) is 0.168. The van der Waals surface area contributed by atoms with Gasteiger partial charge in [-0.05, 0) is 57.9 Å². The number of hydrogen-bond acceptors (Lipinski definition) is 6. The fourth-order valence-corrected chi connectivity index (χ4v) is 4.61. The lowest BCUT2D eigenvalue weighted by Crippen LogP contribution is -2.47. The molecular formula is C26H31NO6. The van der Waals surface area contributed by atoms with Crippen LogP contribution in [0.5, 0.6) is 11.5 Å². The zero-order chi connectivity index (χ0) is 23.8. The van der Waals surface area contributed by atoms with E-state index in [-0.39, 0.29) is 37.0 Å². The van der Waals surface area contributed by atoms with E-state index >= 15 is 0 Å². The Labute approximate surface area is 194 Å². The number of esters is 1. The van der Waals surface area contributed by atoms with Crippen molar-refractivity contribution in [2.75, 3.05) is 20.3 Å². The van der Waals surface area contributed by atoms with E-state index in [1.165, 1.54) is 4.90 Å². The summed E-state index contributed by atoms with van der Waals surface area (Å²) in [7, 11) is 1.54. The largest absolute Gasteiger partial charge is 0.496 e. The first-order valence-electron chi connectivity index (χ1n) is 11.6. The molecule has 7 nitrogen and oxygen atoms in total. The monoisotopic (exact) mass is 453 g/mol. The second-order valence-electron chi connectivity index (χ2n) is 9.68. The van der Waals surface area contributed by atoms with Crippen molar-refractivity contribution in [1.29, 1.82) is 0 Å². The van der Waals surface area contributed by atoms with Crippen LogP contribution in [-0.4, -0.2) is 49.0 Å². The van der Waals surface area contributed by atoms with E-state index in [0.29, 0.717) is 33.4 Å². The number of nitrogens with zero attached hydrogens (tertiary/aromatic N) is 1. The number of carbonyl (C=O) groups is 3. The molecule has 2 aromatic rings. The molecule has 1 aliphatic heterocycles. The van der Waals surface area contributed by atoms with E-state index in [0.717, 1.165) is 32.1 Å². The van der Waals surface area contributed by atoms with Crippen LogP contribution in [0, 0.1) is 5.41 Å². The summed E-state index contributed by atoms with van der Waals surface area (Å²) in [5.41, 5.74) is 0.375. The topological polar surface area (TPSA) is 82.1 Å². The van der Waals surface area contributed by atoms with Crippen LogP contribution in [-0.2, 0) is 9.53 Å². The predicted molar refractivity (Wildman–Crippen MR) is 124 cm³/mol. The van der Waals surface area contributed by atoms with Crippen molar-refractivity contribution in [2.24, 2.45) is 5.41 Å². The molecule has 7 heteroatoms. The average Bonchev–Trinajstić information content (AvgIpc) is 2.80. The molecule has 0 unspecified atom stereocenters. The van der Waals surface area contributed by atoms with Gasteiger partial charge in [0.1, 0.15) is 24.7 Å². The van der Waals surface area contributed by atoms with E-state index in [4.69, 9.17) is 14.2 Å². The Morgan fingerprint density at radius 1 is 0.909 bits per heavy atom. The second-order valence-corrected chi connectivity index (χ2v) is 9.68. The first-order valence-corrected chi connectivity index (χ1v) is 11.6. The van der Waals surface area contributed by atoms with Gasteiger partial charge in [-0.3, -0.25) is 19.3 Å². The van der Waals surface area contributed by atoms with Gasteiger partial charge < -0.3 is 14.2 Å². The van der Waals surface area contributed by atoms with E-state index in [9.17, 15) is 14.4 Å². The van der Waals surface area contributed by atoms with Crippen LogP contribution in [0.3, 0.4) is 0 Å². The fraction of sp³-hybridized carbons (Fsp3) is 0.500. The zero-order valence-electron chi connectivity index (χ0n) is 19.7. The van der Waals surface area contributed by atoms with Gasteiger partial charge in [-0.25, -0.2) is 0 Å². The summed E-state index contributed by atoms with van der Waals surface area (Å²) in [4.78, 5) is 40.3. The molecule has 0 saturated heterocycles. The lowest BCUT2D eigenvalue weighted by Gasteiger charge is -2.36. The molecular weight excluding hydrogens is 422 g/mol. The second kappa shape index (κ2) is 9.04. The van der Waals surface area contributed by atoms with Gasteiger partial charge in [0.05, 0.1) is 17.9 Å². The average molecular weight is 454 g/mol. The molecule has 4 rings (SSSR count). The normalized spacial score (nSPS) is 16.8. The summed E-state index contributed by atoms with van der Waals surface area (Å²) in [5, 5.41) is 1.14. The van der Waals surface area contributed by atoms with Crippen LogP contribution < -0.4 is 9.47 Å². The van der Waals surface area contributed by atoms with Gasteiger partial charge in [0.15, 0.2) is 0 Å². The highest BCUT2D eigenvalue weighted by molar-refractivity contribution is 6.27. The van der Waals surface area contributed by atoms with Crippen molar-refractivity contribution in [3.63, 3.8) is 0 Å². The molecule has 0 bridgehead atoms. The number of ether oxygens (including phenoxy) is 3. The van der Waals surface area contributed by atoms with Gasteiger partial charge in [0.2, 0.25) is 0 Å². The first-order chi connectivity index (χ1) is 15.7. The first kappa shape index (κ1) is 23.1. The van der Waals surface area contributed by atoms with Gasteiger partial charge in [0.25, 0.3) is 11.8 Å². The Hall–Kier alpha value is -3.09. The standard InChI is InChI=1S/C26H31NO6/c1-26(2,3)25(30)33-15-14-32-20-13-11-18-21-17(10-12-19(31-4)22(20)21)23(28)27(24(18)29)16-8-6-5-7-9-16/h10-13,16H,5-9,14-15H2,1-4H3. The van der Waals surface area contributed by atoms with Crippen LogP contribution in [0.2, 0.25) is 0 Å². The number of imide groups is 1. The van der Waals surface area contributed by atoms with E-state index < -0.39 is 5.41 Å². The number of carbonyl (C=O) groups excluding carboxylic acids is 3. The Kier molecular flexibility index (Phi) is 6.32. The molecule has 1 saturated carbocycles. The highest BCUT2D eigenvalue weighted by Gasteiger charge is 2.39. The third-order valence-corrected chi connectivity index (χ3v) is 6.33. The van der Waals surface area contributed by atoms with Crippen LogP contribution in [0.4, 0.5) is 0 Å². The molecule has 0 N–H and O–H groups in total. The molecule has 1 heterocycles. The highest BCUT2D eigenvalue weighted by Crippen LogP contribution is 2.42. The minimum Gasteiger partial charge on any atom is -0.496 e. The van der Waals surface area contributed by atoms with Gasteiger partial charge >= 0.3 is 5.97 Å². The molecule has 2 aliphatic rings. The van der Waals surface area contributed by atoms with E-state index in [1.807, 2.05) is 0 Å². The third-order valence-electron chi connectivity index (χ3n) is 6.33. The Bertz CT molecular complexity index is 1070. The van der Waals surface area contributed by atoms with Crippen molar-refractivity contribution in [3.05, 3.63) is 35.4 Å². The number of hydrogen-bond donors (Lipinski definition) is 0. The molecule has 1 fully saturated rings. The van der Waals surface area contributed by atoms with Crippen LogP contribution >= 0.6 is 0 Å². The number of amides is 2. The lowest BCUT2D eigenvalue weighted by atomic mass is 9.88. The molecule has 2 amide bonds. The van der Waals surface area contributed by atoms with E-state index in [2.05, 4.69) is 0 Å². The zero-order valence-corrected chi connectivity index (χ0v) is 19.7. The number of rotatable bonds is 6. The SMILES string of the molecule is COc1ccc2c3c(ccc(OCCOC(=O)C(C)(C)C)c13)C(=O)N(C1CCCCC1)C2=O. The van der Waals surface area contributed by atoms with Crippen LogP contribution in [0.1, 0.15) is 73.6 Å². The molecule has 0 atom stereocenters. The quantitative estimate of drug-likeness (QED) is 0.357. The van der Waals surface area contributed by atoms with Crippen molar-refractivity contribution in [1.82, 2.24) is 4.90 Å². The molecule has 0 radical (unpaired) electrons. The fourth-order valence-electron chi connectivity index (χ4n) is 4.61. The van der Waals surface area contributed by atoms with Crippen molar-refractivity contribution in [3.8, 4) is 11.5 Å². The highest BCUT2D eigenvalue weighted by atomic mass is 16.6. The third kappa shape index (κ3) is 4.28. The molecule has 2 aromatic carbocycles. The van der Waals surface area contributed by atoms with Crippen LogP contribution in [0.15, 0.2) is 24.3 Å². The van der Waals surface area contributed by atoms with Crippen LogP contribution in [0.25, 0.3) is 10.8 Å². The Morgan fingerprint density at radius 3 is 2.09 bits per heavy atom. The Balaban J connectivity index is 1.66. The summed E-state index contributed by atoms with van der Waals surface area (Å²) in [6.07, 6.45) is 4.89. The van der Waals surface area contributed by atoms with E-state index in [1.54, 1.807) is 52.1 Å². The summed E-state index contributed by atoms with van der Waals surface area (Å²) < 4.78 is 16.8.